The monoisotopic (exact) mass is 269 g/mol. The van der Waals surface area contributed by atoms with Crippen LogP contribution in [0, 0.1) is 11.8 Å². The van der Waals surface area contributed by atoms with Crippen LogP contribution in [0.1, 0.15) is 34.1 Å². The van der Waals surface area contributed by atoms with Crippen LogP contribution in [0.4, 0.5) is 4.79 Å². The Bertz CT molecular complexity index is 370. The molecule has 0 saturated carbocycles. The van der Waals surface area contributed by atoms with E-state index in [4.69, 9.17) is 9.47 Å². The minimum atomic E-state index is -0.530. The molecule has 0 unspecified atom stereocenters. The zero-order chi connectivity index (χ0) is 14.6. The highest BCUT2D eigenvalue weighted by Gasteiger charge is 2.31. The highest BCUT2D eigenvalue weighted by Crippen LogP contribution is 2.26. The first-order valence-electron chi connectivity index (χ1n) is 6.48. The topological polar surface area (TPSA) is 64.6 Å². The van der Waals surface area contributed by atoms with Crippen molar-refractivity contribution in [2.75, 3.05) is 7.11 Å². The lowest BCUT2D eigenvalue weighted by molar-refractivity contribution is -0.147. The first kappa shape index (κ1) is 15.5. The van der Waals surface area contributed by atoms with Crippen molar-refractivity contribution in [3.05, 3.63) is 12.2 Å². The Morgan fingerprint density at radius 1 is 1.26 bits per heavy atom. The van der Waals surface area contributed by atoms with Gasteiger partial charge in [0.05, 0.1) is 19.1 Å². The van der Waals surface area contributed by atoms with E-state index in [1.165, 1.54) is 7.11 Å². The van der Waals surface area contributed by atoms with Crippen molar-refractivity contribution in [2.45, 2.75) is 45.8 Å². The molecule has 0 aromatic rings. The average Bonchev–Trinajstić information content (AvgIpc) is 2.28. The van der Waals surface area contributed by atoms with Crippen LogP contribution in [0.25, 0.3) is 0 Å². The van der Waals surface area contributed by atoms with Crippen molar-refractivity contribution >= 4 is 12.1 Å². The fourth-order valence-electron chi connectivity index (χ4n) is 2.04. The minimum Gasteiger partial charge on any atom is -0.469 e. The van der Waals surface area contributed by atoms with Crippen LogP contribution in [0.15, 0.2) is 12.2 Å². The van der Waals surface area contributed by atoms with Crippen LogP contribution in [0.2, 0.25) is 0 Å². The number of alkyl carbamates (subject to hydrolysis) is 1. The molecule has 1 aliphatic carbocycles. The molecule has 19 heavy (non-hydrogen) atoms. The van der Waals surface area contributed by atoms with E-state index in [2.05, 4.69) is 5.32 Å². The van der Waals surface area contributed by atoms with Crippen LogP contribution in [0.5, 0.6) is 0 Å². The molecule has 1 amide bonds. The molecule has 0 spiro atoms. The Balaban J connectivity index is 2.59. The first-order chi connectivity index (χ1) is 8.73. The zero-order valence-electron chi connectivity index (χ0n) is 12.2. The number of allylic oxidation sites excluding steroid dienone is 1. The predicted octanol–water partition coefficient (Wildman–Crippen LogP) is 2.26. The zero-order valence-corrected chi connectivity index (χ0v) is 12.2. The molecular weight excluding hydrogens is 246 g/mol. The van der Waals surface area contributed by atoms with Crippen molar-refractivity contribution in [1.29, 1.82) is 0 Å². The Labute approximate surface area is 114 Å². The van der Waals surface area contributed by atoms with Crippen molar-refractivity contribution < 1.29 is 19.1 Å². The standard InChI is InChI=1S/C14H23NO4/c1-9-6-7-10(8-11(9)12(16)18-5)15-13(17)19-14(2,3)4/h6-7,9-11H,8H2,1-5H3,(H,15,17)/t9-,10-,11+/m1/s1. The molecule has 0 aliphatic heterocycles. The molecule has 1 rings (SSSR count). The SMILES string of the molecule is COC(=O)[C@H]1C[C@H](NC(=O)OC(C)(C)C)C=C[C@H]1C. The summed E-state index contributed by atoms with van der Waals surface area (Å²) in [5.41, 5.74) is -0.530. The third-order valence-corrected chi connectivity index (χ3v) is 3.00. The lowest BCUT2D eigenvalue weighted by Crippen LogP contribution is -2.42. The molecule has 0 saturated heterocycles. The van der Waals surface area contributed by atoms with E-state index in [0.29, 0.717) is 6.42 Å². The van der Waals surface area contributed by atoms with Crippen molar-refractivity contribution in [3.63, 3.8) is 0 Å². The minimum absolute atomic E-state index is 0.115. The van der Waals surface area contributed by atoms with Crippen LogP contribution in [-0.4, -0.2) is 30.8 Å². The number of carbonyl (C=O) groups excluding carboxylic acids is 2. The summed E-state index contributed by atoms with van der Waals surface area (Å²) in [7, 11) is 1.38. The molecule has 5 nitrogen and oxygen atoms in total. The second-order valence-electron chi connectivity index (χ2n) is 5.86. The molecule has 5 heteroatoms. The van der Waals surface area contributed by atoms with E-state index >= 15 is 0 Å². The summed E-state index contributed by atoms with van der Waals surface area (Å²) in [5.74, 6) is -0.355. The molecule has 1 N–H and O–H groups in total. The predicted molar refractivity (Wildman–Crippen MR) is 71.6 cm³/mol. The molecule has 0 radical (unpaired) electrons. The molecule has 108 valence electrons. The van der Waals surface area contributed by atoms with Gasteiger partial charge in [-0.3, -0.25) is 4.79 Å². The number of carbonyl (C=O) groups is 2. The highest BCUT2D eigenvalue weighted by molar-refractivity contribution is 5.74. The van der Waals surface area contributed by atoms with E-state index in [1.54, 1.807) is 0 Å². The van der Waals surface area contributed by atoms with Gasteiger partial charge in [0.2, 0.25) is 0 Å². The number of ether oxygens (including phenoxy) is 2. The maximum Gasteiger partial charge on any atom is 0.408 e. The number of methoxy groups -OCH3 is 1. The molecule has 3 atom stereocenters. The summed E-state index contributed by atoms with van der Waals surface area (Å²) in [6.45, 7) is 7.38. The second-order valence-corrected chi connectivity index (χ2v) is 5.86. The number of esters is 1. The molecule has 1 aliphatic rings. The number of amides is 1. The van der Waals surface area contributed by atoms with Gasteiger partial charge >= 0.3 is 12.1 Å². The summed E-state index contributed by atoms with van der Waals surface area (Å²) in [6.07, 6.45) is 3.88. The number of rotatable bonds is 2. The summed E-state index contributed by atoms with van der Waals surface area (Å²) >= 11 is 0. The Morgan fingerprint density at radius 3 is 2.42 bits per heavy atom. The molecule has 0 heterocycles. The fourth-order valence-corrected chi connectivity index (χ4v) is 2.04. The van der Waals surface area contributed by atoms with Crippen molar-refractivity contribution in [1.82, 2.24) is 5.32 Å². The number of hydrogen-bond donors (Lipinski definition) is 1. The lowest BCUT2D eigenvalue weighted by Gasteiger charge is -2.29. The Morgan fingerprint density at radius 2 is 1.89 bits per heavy atom. The molecule has 0 aromatic heterocycles. The van der Waals surface area contributed by atoms with Gasteiger partial charge < -0.3 is 14.8 Å². The maximum absolute atomic E-state index is 11.7. The number of nitrogens with one attached hydrogen (secondary N) is 1. The van der Waals surface area contributed by atoms with Gasteiger partial charge in [-0.2, -0.15) is 0 Å². The Hall–Kier alpha value is -1.52. The van der Waals surface area contributed by atoms with Gasteiger partial charge in [0.15, 0.2) is 0 Å². The summed E-state index contributed by atoms with van der Waals surface area (Å²) in [5, 5.41) is 2.75. The summed E-state index contributed by atoms with van der Waals surface area (Å²) < 4.78 is 9.97. The van der Waals surface area contributed by atoms with E-state index < -0.39 is 11.7 Å². The van der Waals surface area contributed by atoms with Gasteiger partial charge in [0.1, 0.15) is 5.60 Å². The second kappa shape index (κ2) is 6.08. The third kappa shape index (κ3) is 4.93. The molecular formula is C14H23NO4. The van der Waals surface area contributed by atoms with Gasteiger partial charge in [0, 0.05) is 0 Å². The van der Waals surface area contributed by atoms with Crippen LogP contribution in [-0.2, 0) is 14.3 Å². The molecule has 0 bridgehead atoms. The maximum atomic E-state index is 11.7. The van der Waals surface area contributed by atoms with E-state index in [9.17, 15) is 9.59 Å². The summed E-state index contributed by atoms with van der Waals surface area (Å²) in [6, 6.07) is -0.199. The van der Waals surface area contributed by atoms with E-state index in [-0.39, 0.29) is 23.8 Å². The largest absolute Gasteiger partial charge is 0.469 e. The number of hydrogen-bond acceptors (Lipinski definition) is 4. The van der Waals surface area contributed by atoms with Crippen molar-refractivity contribution in [2.24, 2.45) is 11.8 Å². The van der Waals surface area contributed by atoms with E-state index in [0.717, 1.165) is 0 Å². The quantitative estimate of drug-likeness (QED) is 0.617. The van der Waals surface area contributed by atoms with Crippen molar-refractivity contribution in [3.8, 4) is 0 Å². The summed E-state index contributed by atoms with van der Waals surface area (Å²) in [4.78, 5) is 23.3. The lowest BCUT2D eigenvalue weighted by atomic mass is 9.83. The first-order valence-corrected chi connectivity index (χ1v) is 6.48. The van der Waals surface area contributed by atoms with Crippen LogP contribution >= 0.6 is 0 Å². The van der Waals surface area contributed by atoms with Crippen LogP contribution in [0.3, 0.4) is 0 Å². The Kier molecular flexibility index (Phi) is 4.97. The van der Waals surface area contributed by atoms with Gasteiger partial charge in [-0.25, -0.2) is 4.79 Å². The molecule has 0 aromatic carbocycles. The van der Waals surface area contributed by atoms with Gasteiger partial charge in [0.25, 0.3) is 0 Å². The van der Waals surface area contributed by atoms with Gasteiger partial charge in [-0.05, 0) is 33.1 Å². The van der Waals surface area contributed by atoms with Gasteiger partial charge in [-0.1, -0.05) is 19.1 Å². The highest BCUT2D eigenvalue weighted by atomic mass is 16.6. The smallest absolute Gasteiger partial charge is 0.408 e. The normalized spacial score (nSPS) is 26.7. The molecule has 0 fully saturated rings. The van der Waals surface area contributed by atoms with Gasteiger partial charge in [-0.15, -0.1) is 0 Å². The fraction of sp³-hybridized carbons (Fsp3) is 0.714. The third-order valence-electron chi connectivity index (χ3n) is 3.00. The van der Waals surface area contributed by atoms with Crippen LogP contribution < -0.4 is 5.32 Å². The average molecular weight is 269 g/mol. The van der Waals surface area contributed by atoms with E-state index in [1.807, 2.05) is 39.8 Å².